The second-order valence-corrected chi connectivity index (χ2v) is 5.34. The smallest absolute Gasteiger partial charge is 0.395 e. The highest BCUT2D eigenvalue weighted by atomic mass is 32.2. The van der Waals surface area contributed by atoms with E-state index in [9.17, 15) is 18.3 Å². The number of thioether (sulfide) groups is 1. The fourth-order valence-corrected chi connectivity index (χ4v) is 2.34. The van der Waals surface area contributed by atoms with Crippen molar-refractivity contribution in [3.8, 4) is 6.07 Å². The van der Waals surface area contributed by atoms with Crippen LogP contribution in [0.15, 0.2) is 18.2 Å². The van der Waals surface area contributed by atoms with Crippen LogP contribution in [-0.2, 0) is 6.18 Å². The van der Waals surface area contributed by atoms with Crippen molar-refractivity contribution in [3.05, 3.63) is 29.3 Å². The van der Waals surface area contributed by atoms with Gasteiger partial charge in [0, 0.05) is 11.3 Å². The van der Waals surface area contributed by atoms with Crippen molar-refractivity contribution >= 4 is 17.4 Å². The molecule has 0 heterocycles. The molecule has 110 valence electrons. The van der Waals surface area contributed by atoms with Crippen LogP contribution >= 0.6 is 11.8 Å². The van der Waals surface area contributed by atoms with Crippen molar-refractivity contribution in [3.63, 3.8) is 0 Å². The number of nitriles is 1. The average Bonchev–Trinajstić information content (AvgIpc) is 2.39. The van der Waals surface area contributed by atoms with Crippen LogP contribution in [0.4, 0.5) is 18.9 Å². The molecule has 0 aliphatic rings. The number of rotatable bonds is 5. The van der Waals surface area contributed by atoms with Gasteiger partial charge in [0.15, 0.2) is 0 Å². The van der Waals surface area contributed by atoms with E-state index >= 15 is 0 Å². The number of hydrogen-bond donors (Lipinski definition) is 2. The predicted octanol–water partition coefficient (Wildman–Crippen LogP) is 3.10. The minimum Gasteiger partial charge on any atom is -0.395 e. The van der Waals surface area contributed by atoms with Crippen molar-refractivity contribution < 1.29 is 18.3 Å². The van der Waals surface area contributed by atoms with Crippen LogP contribution < -0.4 is 5.32 Å². The lowest BCUT2D eigenvalue weighted by Gasteiger charge is -2.23. The summed E-state index contributed by atoms with van der Waals surface area (Å²) >= 11 is 1.44. The molecule has 1 rings (SSSR count). The lowest BCUT2D eigenvalue weighted by Crippen LogP contribution is -2.31. The SMILES string of the molecule is CSC(CO)C(C)Nc1ccc(C(F)(F)F)cc1C#N. The van der Waals surface area contributed by atoms with Crippen LogP contribution in [0.25, 0.3) is 0 Å². The average molecular weight is 304 g/mol. The Kier molecular flexibility index (Phi) is 5.72. The van der Waals surface area contributed by atoms with Gasteiger partial charge in [0.25, 0.3) is 0 Å². The Labute approximate surface area is 119 Å². The van der Waals surface area contributed by atoms with Gasteiger partial charge in [0.05, 0.1) is 23.4 Å². The molecule has 1 aromatic carbocycles. The molecule has 2 atom stereocenters. The largest absolute Gasteiger partial charge is 0.416 e. The normalized spacial score (nSPS) is 14.4. The molecule has 0 aliphatic heterocycles. The first kappa shape index (κ1) is 16.7. The highest BCUT2D eigenvalue weighted by molar-refractivity contribution is 7.99. The second-order valence-electron chi connectivity index (χ2n) is 4.26. The van der Waals surface area contributed by atoms with Gasteiger partial charge in [-0.05, 0) is 31.4 Å². The fourth-order valence-electron chi connectivity index (χ4n) is 1.71. The Morgan fingerprint density at radius 3 is 2.55 bits per heavy atom. The summed E-state index contributed by atoms with van der Waals surface area (Å²) in [4.78, 5) is 0. The molecule has 0 saturated carbocycles. The first-order chi connectivity index (χ1) is 9.33. The van der Waals surface area contributed by atoms with Crippen molar-refractivity contribution in [2.45, 2.75) is 24.4 Å². The number of aliphatic hydroxyl groups is 1. The standard InChI is InChI=1S/C13H15F3N2OS/c1-8(12(7-19)20-2)18-11-4-3-10(13(14,15)16)5-9(11)6-17/h3-5,8,12,18-19H,7H2,1-2H3. The molecule has 0 radical (unpaired) electrons. The van der Waals surface area contributed by atoms with Crippen LogP contribution in [0, 0.1) is 11.3 Å². The summed E-state index contributed by atoms with van der Waals surface area (Å²) < 4.78 is 37.7. The Balaban J connectivity index is 3.00. The lowest BCUT2D eigenvalue weighted by molar-refractivity contribution is -0.137. The number of anilines is 1. The van der Waals surface area contributed by atoms with Crippen LogP contribution in [0.2, 0.25) is 0 Å². The zero-order valence-electron chi connectivity index (χ0n) is 11.0. The van der Waals surface area contributed by atoms with Gasteiger partial charge in [0.1, 0.15) is 6.07 Å². The molecule has 0 bridgehead atoms. The third-order valence-electron chi connectivity index (χ3n) is 2.89. The Morgan fingerprint density at radius 2 is 2.10 bits per heavy atom. The summed E-state index contributed by atoms with van der Waals surface area (Å²) in [6, 6.07) is 4.57. The molecule has 0 aromatic heterocycles. The quantitative estimate of drug-likeness (QED) is 0.877. The summed E-state index contributed by atoms with van der Waals surface area (Å²) in [5.74, 6) is 0. The number of hydrogen-bond acceptors (Lipinski definition) is 4. The van der Waals surface area contributed by atoms with E-state index in [1.165, 1.54) is 17.8 Å². The Morgan fingerprint density at radius 1 is 1.45 bits per heavy atom. The molecule has 1 aromatic rings. The minimum atomic E-state index is -4.47. The molecule has 3 nitrogen and oxygen atoms in total. The summed E-state index contributed by atoms with van der Waals surface area (Å²) in [6.07, 6.45) is -2.64. The Bertz CT molecular complexity index is 495. The second kappa shape index (κ2) is 6.86. The summed E-state index contributed by atoms with van der Waals surface area (Å²) in [6.45, 7) is 1.74. The van der Waals surface area contributed by atoms with Crippen molar-refractivity contribution in [2.75, 3.05) is 18.2 Å². The molecule has 0 spiro atoms. The van der Waals surface area contributed by atoms with E-state index in [-0.39, 0.29) is 23.5 Å². The van der Waals surface area contributed by atoms with Crippen molar-refractivity contribution in [1.29, 1.82) is 5.26 Å². The number of aliphatic hydroxyl groups excluding tert-OH is 1. The van der Waals surface area contributed by atoms with Gasteiger partial charge in [-0.1, -0.05) is 0 Å². The molecule has 0 amide bonds. The maximum atomic E-state index is 12.6. The van der Waals surface area contributed by atoms with Crippen LogP contribution in [0.1, 0.15) is 18.1 Å². The molecule has 0 saturated heterocycles. The first-order valence-corrected chi connectivity index (χ1v) is 7.13. The summed E-state index contributed by atoms with van der Waals surface area (Å²) in [5, 5.41) is 21.0. The molecular formula is C13H15F3N2OS. The summed E-state index contributed by atoms with van der Waals surface area (Å²) in [7, 11) is 0. The van der Waals surface area contributed by atoms with Gasteiger partial charge < -0.3 is 10.4 Å². The molecule has 0 fully saturated rings. The van der Waals surface area contributed by atoms with Gasteiger partial charge in [-0.25, -0.2) is 0 Å². The van der Waals surface area contributed by atoms with E-state index in [1.807, 2.05) is 6.26 Å². The van der Waals surface area contributed by atoms with E-state index in [4.69, 9.17) is 5.26 Å². The van der Waals surface area contributed by atoms with Crippen molar-refractivity contribution in [2.24, 2.45) is 0 Å². The van der Waals surface area contributed by atoms with Crippen molar-refractivity contribution in [1.82, 2.24) is 0 Å². The summed E-state index contributed by atoms with van der Waals surface area (Å²) in [5.41, 5.74) is -0.583. The maximum Gasteiger partial charge on any atom is 0.416 e. The van der Waals surface area contributed by atoms with Crippen LogP contribution in [0.3, 0.4) is 0 Å². The first-order valence-electron chi connectivity index (χ1n) is 5.85. The molecular weight excluding hydrogens is 289 g/mol. The van der Waals surface area contributed by atoms with Crippen LogP contribution in [0.5, 0.6) is 0 Å². The van der Waals surface area contributed by atoms with E-state index in [1.54, 1.807) is 13.0 Å². The van der Waals surface area contributed by atoms with Gasteiger partial charge in [0.2, 0.25) is 0 Å². The van der Waals surface area contributed by atoms with Gasteiger partial charge in [-0.3, -0.25) is 0 Å². The van der Waals surface area contributed by atoms with E-state index < -0.39 is 11.7 Å². The van der Waals surface area contributed by atoms with Crippen LogP contribution in [-0.4, -0.2) is 29.3 Å². The lowest BCUT2D eigenvalue weighted by atomic mass is 10.1. The zero-order valence-corrected chi connectivity index (χ0v) is 11.8. The van der Waals surface area contributed by atoms with E-state index in [2.05, 4.69) is 5.32 Å². The topological polar surface area (TPSA) is 56.0 Å². The molecule has 0 aliphatic carbocycles. The number of halogens is 3. The number of nitrogens with one attached hydrogen (secondary N) is 1. The number of alkyl halides is 3. The molecule has 2 unspecified atom stereocenters. The van der Waals surface area contributed by atoms with Gasteiger partial charge >= 0.3 is 6.18 Å². The minimum absolute atomic E-state index is 0.0577. The van der Waals surface area contributed by atoms with Gasteiger partial charge in [-0.2, -0.15) is 30.2 Å². The number of benzene rings is 1. The highest BCUT2D eigenvalue weighted by Gasteiger charge is 2.31. The van der Waals surface area contributed by atoms with E-state index in [0.29, 0.717) is 5.69 Å². The third kappa shape index (κ3) is 4.05. The van der Waals surface area contributed by atoms with Gasteiger partial charge in [-0.15, -0.1) is 0 Å². The molecule has 2 N–H and O–H groups in total. The Hall–Kier alpha value is -1.39. The highest BCUT2D eigenvalue weighted by Crippen LogP contribution is 2.32. The fraction of sp³-hybridized carbons (Fsp3) is 0.462. The zero-order chi connectivity index (χ0) is 15.3. The number of nitrogens with zero attached hydrogens (tertiary/aromatic N) is 1. The predicted molar refractivity (Wildman–Crippen MR) is 73.6 cm³/mol. The maximum absolute atomic E-state index is 12.6. The molecule has 7 heteroatoms. The molecule has 20 heavy (non-hydrogen) atoms. The third-order valence-corrected chi connectivity index (χ3v) is 4.05. The monoisotopic (exact) mass is 304 g/mol. The van der Waals surface area contributed by atoms with E-state index in [0.717, 1.165) is 12.1 Å².